The van der Waals surface area contributed by atoms with Crippen molar-refractivity contribution >= 4 is 10.0 Å². The van der Waals surface area contributed by atoms with Crippen LogP contribution in [0.15, 0.2) is 23.1 Å². The largest absolute Gasteiger partial charge is 0.313 e. The van der Waals surface area contributed by atoms with Crippen LogP contribution in [0.4, 0.5) is 0 Å². The van der Waals surface area contributed by atoms with Crippen molar-refractivity contribution in [1.29, 1.82) is 0 Å². The number of nitrogens with one attached hydrogen (secondary N) is 1. The van der Waals surface area contributed by atoms with Gasteiger partial charge in [0.05, 0.1) is 4.90 Å². The molecule has 1 aromatic carbocycles. The highest BCUT2D eigenvalue weighted by Gasteiger charge is 2.24. The van der Waals surface area contributed by atoms with Crippen LogP contribution in [0.25, 0.3) is 0 Å². The van der Waals surface area contributed by atoms with Gasteiger partial charge in [-0.05, 0) is 43.5 Å². The van der Waals surface area contributed by atoms with E-state index in [1.165, 1.54) is 0 Å². The lowest BCUT2D eigenvalue weighted by Gasteiger charge is -2.22. The molecule has 0 atom stereocenters. The molecule has 1 rings (SSSR count). The molecular formula is C16H28N2O2S. The van der Waals surface area contributed by atoms with Crippen LogP contribution in [0.5, 0.6) is 0 Å². The van der Waals surface area contributed by atoms with E-state index in [4.69, 9.17) is 0 Å². The van der Waals surface area contributed by atoms with Crippen molar-refractivity contribution in [2.24, 2.45) is 0 Å². The second-order valence-corrected chi connectivity index (χ2v) is 7.12. The highest BCUT2D eigenvalue weighted by atomic mass is 32.2. The van der Waals surface area contributed by atoms with Gasteiger partial charge in [-0.2, -0.15) is 4.31 Å². The highest BCUT2D eigenvalue weighted by Crippen LogP contribution is 2.22. The summed E-state index contributed by atoms with van der Waals surface area (Å²) in [6.07, 6.45) is 1.89. The minimum absolute atomic E-state index is 0.439. The standard InChI is InChI=1S/C16H28N2O2S/c1-5-11-17-13-15-9-8-10-16(14(15)4)21(19,20)18(7-3)12-6-2/h8-10,17H,5-7,11-13H2,1-4H3. The Balaban J connectivity index is 3.09. The molecule has 1 N–H and O–H groups in total. The van der Waals surface area contributed by atoms with Crippen molar-refractivity contribution in [2.45, 2.75) is 52.0 Å². The molecule has 0 bridgehead atoms. The van der Waals surface area contributed by atoms with Crippen molar-refractivity contribution in [3.8, 4) is 0 Å². The van der Waals surface area contributed by atoms with Crippen molar-refractivity contribution in [2.75, 3.05) is 19.6 Å². The Bertz CT molecular complexity index is 541. The topological polar surface area (TPSA) is 49.4 Å². The lowest BCUT2D eigenvalue weighted by atomic mass is 10.1. The Labute approximate surface area is 129 Å². The Hall–Kier alpha value is -0.910. The maximum atomic E-state index is 12.8. The molecule has 0 unspecified atom stereocenters. The normalized spacial score (nSPS) is 12.0. The number of benzene rings is 1. The van der Waals surface area contributed by atoms with Gasteiger partial charge in [0.2, 0.25) is 10.0 Å². The summed E-state index contributed by atoms with van der Waals surface area (Å²) in [5, 5.41) is 3.33. The van der Waals surface area contributed by atoms with Gasteiger partial charge in [-0.15, -0.1) is 0 Å². The molecular weight excluding hydrogens is 284 g/mol. The van der Waals surface area contributed by atoms with E-state index in [9.17, 15) is 8.42 Å². The average molecular weight is 312 g/mol. The van der Waals surface area contributed by atoms with Crippen molar-refractivity contribution in [3.63, 3.8) is 0 Å². The van der Waals surface area contributed by atoms with Crippen molar-refractivity contribution in [3.05, 3.63) is 29.3 Å². The molecule has 0 aliphatic carbocycles. The molecule has 0 amide bonds. The van der Waals surface area contributed by atoms with Gasteiger partial charge >= 0.3 is 0 Å². The van der Waals surface area contributed by atoms with E-state index in [1.807, 2.05) is 32.9 Å². The zero-order valence-corrected chi connectivity index (χ0v) is 14.5. The number of sulfonamides is 1. The molecule has 5 heteroatoms. The highest BCUT2D eigenvalue weighted by molar-refractivity contribution is 7.89. The molecule has 1 aromatic rings. The van der Waals surface area contributed by atoms with Gasteiger partial charge in [0.25, 0.3) is 0 Å². The molecule has 0 aliphatic heterocycles. The lowest BCUT2D eigenvalue weighted by molar-refractivity contribution is 0.426. The third-order valence-corrected chi connectivity index (χ3v) is 5.70. The van der Waals surface area contributed by atoms with Gasteiger partial charge < -0.3 is 5.32 Å². The first-order valence-electron chi connectivity index (χ1n) is 7.78. The molecule has 0 fully saturated rings. The molecule has 0 heterocycles. The number of hydrogen-bond donors (Lipinski definition) is 1. The van der Waals surface area contributed by atoms with Crippen LogP contribution in [-0.2, 0) is 16.6 Å². The summed E-state index contributed by atoms with van der Waals surface area (Å²) in [6.45, 7) is 10.6. The summed E-state index contributed by atoms with van der Waals surface area (Å²) < 4.78 is 27.1. The molecule has 0 saturated carbocycles. The fourth-order valence-electron chi connectivity index (χ4n) is 2.37. The number of rotatable bonds is 9. The van der Waals surface area contributed by atoms with Crippen LogP contribution < -0.4 is 5.32 Å². The molecule has 120 valence electrons. The molecule has 0 saturated heterocycles. The Morgan fingerprint density at radius 2 is 1.86 bits per heavy atom. The van der Waals surface area contributed by atoms with Crippen molar-refractivity contribution in [1.82, 2.24) is 9.62 Å². The quantitative estimate of drug-likeness (QED) is 0.713. The SMILES string of the molecule is CCCNCc1cccc(S(=O)(=O)N(CC)CCC)c1C. The van der Waals surface area contributed by atoms with E-state index in [0.29, 0.717) is 24.5 Å². The monoisotopic (exact) mass is 312 g/mol. The van der Waals surface area contributed by atoms with Crippen LogP contribution in [0.3, 0.4) is 0 Å². The molecule has 0 aliphatic rings. The second-order valence-electron chi connectivity index (χ2n) is 5.21. The van der Waals surface area contributed by atoms with Gasteiger partial charge in [-0.3, -0.25) is 0 Å². The Morgan fingerprint density at radius 3 is 2.43 bits per heavy atom. The van der Waals surface area contributed by atoms with E-state index in [1.54, 1.807) is 10.4 Å². The van der Waals surface area contributed by atoms with Gasteiger partial charge in [-0.1, -0.05) is 32.9 Å². The van der Waals surface area contributed by atoms with Gasteiger partial charge in [0, 0.05) is 19.6 Å². The van der Waals surface area contributed by atoms with Crippen LogP contribution in [0.2, 0.25) is 0 Å². The summed E-state index contributed by atoms with van der Waals surface area (Å²) in [5.41, 5.74) is 1.91. The van der Waals surface area contributed by atoms with Gasteiger partial charge in [0.1, 0.15) is 0 Å². The predicted molar refractivity (Wildman–Crippen MR) is 87.9 cm³/mol. The number of hydrogen-bond acceptors (Lipinski definition) is 3. The van der Waals surface area contributed by atoms with E-state index in [2.05, 4.69) is 12.2 Å². The van der Waals surface area contributed by atoms with E-state index >= 15 is 0 Å². The molecule has 4 nitrogen and oxygen atoms in total. The van der Waals surface area contributed by atoms with E-state index in [-0.39, 0.29) is 0 Å². The van der Waals surface area contributed by atoms with Gasteiger partial charge in [-0.25, -0.2) is 8.42 Å². The minimum atomic E-state index is -3.39. The van der Waals surface area contributed by atoms with E-state index < -0.39 is 10.0 Å². The zero-order chi connectivity index (χ0) is 15.9. The number of nitrogens with zero attached hydrogens (tertiary/aromatic N) is 1. The van der Waals surface area contributed by atoms with Crippen LogP contribution >= 0.6 is 0 Å². The Kier molecular flexibility index (Phi) is 7.35. The van der Waals surface area contributed by atoms with Crippen molar-refractivity contribution < 1.29 is 8.42 Å². The summed E-state index contributed by atoms with van der Waals surface area (Å²) in [7, 11) is -3.39. The fraction of sp³-hybridized carbons (Fsp3) is 0.625. The summed E-state index contributed by atoms with van der Waals surface area (Å²) >= 11 is 0. The first kappa shape index (κ1) is 18.1. The second kappa shape index (κ2) is 8.51. The fourth-order valence-corrected chi connectivity index (χ4v) is 4.18. The minimum Gasteiger partial charge on any atom is -0.313 e. The third-order valence-electron chi connectivity index (χ3n) is 3.58. The molecule has 0 aromatic heterocycles. The van der Waals surface area contributed by atoms with Crippen LogP contribution in [-0.4, -0.2) is 32.4 Å². The lowest BCUT2D eigenvalue weighted by Crippen LogP contribution is -2.32. The maximum Gasteiger partial charge on any atom is 0.243 e. The average Bonchev–Trinajstić information content (AvgIpc) is 2.46. The zero-order valence-electron chi connectivity index (χ0n) is 13.6. The Morgan fingerprint density at radius 1 is 1.14 bits per heavy atom. The summed E-state index contributed by atoms with van der Waals surface area (Å²) in [5.74, 6) is 0. The summed E-state index contributed by atoms with van der Waals surface area (Å²) in [6, 6.07) is 5.54. The summed E-state index contributed by atoms with van der Waals surface area (Å²) in [4.78, 5) is 0.439. The van der Waals surface area contributed by atoms with E-state index in [0.717, 1.165) is 30.5 Å². The first-order chi connectivity index (χ1) is 9.98. The third kappa shape index (κ3) is 4.53. The maximum absolute atomic E-state index is 12.8. The van der Waals surface area contributed by atoms with Crippen LogP contribution in [0, 0.1) is 6.92 Å². The van der Waals surface area contributed by atoms with Crippen LogP contribution in [0.1, 0.15) is 44.7 Å². The van der Waals surface area contributed by atoms with Gasteiger partial charge in [0.15, 0.2) is 0 Å². The smallest absolute Gasteiger partial charge is 0.243 e. The molecule has 21 heavy (non-hydrogen) atoms. The predicted octanol–water partition coefficient (Wildman–Crippen LogP) is 2.92. The molecule has 0 spiro atoms. The molecule has 0 radical (unpaired) electrons. The first-order valence-corrected chi connectivity index (χ1v) is 9.22.